The highest BCUT2D eigenvalue weighted by Crippen LogP contribution is 2.39. The van der Waals surface area contributed by atoms with E-state index in [1.807, 2.05) is 13.0 Å². The van der Waals surface area contributed by atoms with Crippen LogP contribution in [0.25, 0.3) is 0 Å². The van der Waals surface area contributed by atoms with Gasteiger partial charge in [0.2, 0.25) is 5.56 Å². The molecule has 0 spiro atoms. The van der Waals surface area contributed by atoms with Crippen molar-refractivity contribution in [2.75, 3.05) is 13.2 Å². The Bertz CT molecular complexity index is 554. The van der Waals surface area contributed by atoms with Crippen molar-refractivity contribution in [3.05, 3.63) is 34.7 Å². The van der Waals surface area contributed by atoms with Gasteiger partial charge in [-0.15, -0.1) is 0 Å². The van der Waals surface area contributed by atoms with Gasteiger partial charge in [0.05, 0.1) is 12.1 Å². The van der Waals surface area contributed by atoms with Crippen LogP contribution in [0.1, 0.15) is 32.6 Å². The minimum atomic E-state index is -0.512. The van der Waals surface area contributed by atoms with Crippen LogP contribution in [0.2, 0.25) is 0 Å². The third kappa shape index (κ3) is 4.59. The van der Waals surface area contributed by atoms with E-state index >= 15 is 0 Å². The fourth-order valence-electron chi connectivity index (χ4n) is 2.55. The zero-order chi connectivity index (χ0) is 16.0. The molecule has 2 amide bonds. The molecule has 2 rings (SSSR count). The summed E-state index contributed by atoms with van der Waals surface area (Å²) in [5.74, 6) is 0.383. The molecule has 0 saturated heterocycles. The number of amides is 2. The van der Waals surface area contributed by atoms with Gasteiger partial charge in [0.15, 0.2) is 0 Å². The number of hydrogen-bond acceptors (Lipinski definition) is 3. The minimum Gasteiger partial charge on any atom is -0.394 e. The molecular formula is C16H25N3O3. The summed E-state index contributed by atoms with van der Waals surface area (Å²) in [5, 5.41) is 15.1. The molecule has 1 heterocycles. The highest BCUT2D eigenvalue weighted by atomic mass is 16.3. The fraction of sp³-hybridized carbons (Fsp3) is 0.625. The SMILES string of the molecule is CC(CO)(NC(=O)NCCCCn1ccccc1=O)C1CC1. The minimum absolute atomic E-state index is 0.00338. The fourth-order valence-corrected chi connectivity index (χ4v) is 2.55. The van der Waals surface area contributed by atoms with Crippen LogP contribution in [0.5, 0.6) is 0 Å². The van der Waals surface area contributed by atoms with Crippen LogP contribution in [0.4, 0.5) is 4.79 Å². The molecule has 22 heavy (non-hydrogen) atoms. The molecule has 0 bridgehead atoms. The number of carbonyl (C=O) groups is 1. The Labute approximate surface area is 130 Å². The number of hydrogen-bond donors (Lipinski definition) is 3. The van der Waals surface area contributed by atoms with E-state index < -0.39 is 5.54 Å². The molecule has 0 radical (unpaired) electrons. The van der Waals surface area contributed by atoms with Crippen LogP contribution >= 0.6 is 0 Å². The number of urea groups is 1. The number of aliphatic hydroxyl groups excluding tert-OH is 1. The van der Waals surface area contributed by atoms with Crippen molar-refractivity contribution < 1.29 is 9.90 Å². The zero-order valence-corrected chi connectivity index (χ0v) is 13.0. The zero-order valence-electron chi connectivity index (χ0n) is 13.0. The molecule has 1 aromatic rings. The van der Waals surface area contributed by atoms with Gasteiger partial charge < -0.3 is 20.3 Å². The van der Waals surface area contributed by atoms with Crippen LogP contribution < -0.4 is 16.2 Å². The van der Waals surface area contributed by atoms with Gasteiger partial charge in [0.1, 0.15) is 0 Å². The quantitative estimate of drug-likeness (QED) is 0.629. The van der Waals surface area contributed by atoms with Crippen LogP contribution in [-0.4, -0.2) is 34.4 Å². The molecular weight excluding hydrogens is 282 g/mol. The molecule has 3 N–H and O–H groups in total. The molecule has 6 heteroatoms. The van der Waals surface area contributed by atoms with Gasteiger partial charge in [-0.2, -0.15) is 0 Å². The van der Waals surface area contributed by atoms with Gasteiger partial charge in [0.25, 0.3) is 0 Å². The Morgan fingerprint density at radius 2 is 2.18 bits per heavy atom. The summed E-state index contributed by atoms with van der Waals surface area (Å²) in [6.07, 6.45) is 5.51. The number of nitrogens with zero attached hydrogens (tertiary/aromatic N) is 1. The van der Waals surface area contributed by atoms with Crippen molar-refractivity contribution in [1.82, 2.24) is 15.2 Å². The maximum absolute atomic E-state index is 11.8. The first-order valence-corrected chi connectivity index (χ1v) is 7.87. The molecule has 122 valence electrons. The molecule has 0 aliphatic heterocycles. The first-order valence-electron chi connectivity index (χ1n) is 7.87. The summed E-state index contributed by atoms with van der Waals surface area (Å²) < 4.78 is 1.66. The van der Waals surface area contributed by atoms with Crippen LogP contribution in [0.3, 0.4) is 0 Å². The number of unbranched alkanes of at least 4 members (excludes halogenated alkanes) is 1. The van der Waals surface area contributed by atoms with E-state index in [0.29, 0.717) is 19.0 Å². The molecule has 1 atom stereocenters. The molecule has 1 aromatic heterocycles. The lowest BCUT2D eigenvalue weighted by molar-refractivity contribution is 0.155. The van der Waals surface area contributed by atoms with Crippen molar-refractivity contribution >= 4 is 6.03 Å². The van der Waals surface area contributed by atoms with Crippen LogP contribution in [-0.2, 0) is 6.54 Å². The standard InChI is InChI=1S/C16H25N3O3/c1-16(12-20,13-7-8-13)18-15(22)17-9-3-5-11-19-10-4-2-6-14(19)21/h2,4,6,10,13,20H,3,5,7-9,11-12H2,1H3,(H2,17,18,22). The number of aliphatic hydroxyl groups is 1. The Hall–Kier alpha value is -1.82. The Balaban J connectivity index is 1.63. The summed E-state index contributed by atoms with van der Waals surface area (Å²) in [5.41, 5.74) is -0.516. The summed E-state index contributed by atoms with van der Waals surface area (Å²) in [6.45, 7) is 3.05. The lowest BCUT2D eigenvalue weighted by Crippen LogP contribution is -2.54. The predicted molar refractivity (Wildman–Crippen MR) is 84.7 cm³/mol. The second-order valence-corrected chi connectivity index (χ2v) is 6.17. The van der Waals surface area contributed by atoms with Gasteiger partial charge >= 0.3 is 6.03 Å². The molecule has 1 aliphatic carbocycles. The topological polar surface area (TPSA) is 83.4 Å². The van der Waals surface area contributed by atoms with Crippen molar-refractivity contribution in [2.45, 2.75) is 44.7 Å². The van der Waals surface area contributed by atoms with Gasteiger partial charge in [0, 0.05) is 25.4 Å². The van der Waals surface area contributed by atoms with Crippen molar-refractivity contribution in [3.63, 3.8) is 0 Å². The van der Waals surface area contributed by atoms with E-state index in [1.54, 1.807) is 22.9 Å². The molecule has 1 saturated carbocycles. The first kappa shape index (κ1) is 16.5. The lowest BCUT2D eigenvalue weighted by atomic mass is 9.97. The maximum atomic E-state index is 11.8. The average molecular weight is 307 g/mol. The second-order valence-electron chi connectivity index (χ2n) is 6.17. The highest BCUT2D eigenvalue weighted by Gasteiger charge is 2.42. The molecule has 1 aliphatic rings. The monoisotopic (exact) mass is 307 g/mol. The summed E-state index contributed by atoms with van der Waals surface area (Å²) in [7, 11) is 0. The number of aryl methyl sites for hydroxylation is 1. The molecule has 6 nitrogen and oxygen atoms in total. The third-order valence-electron chi connectivity index (χ3n) is 4.22. The van der Waals surface area contributed by atoms with Crippen molar-refractivity contribution in [1.29, 1.82) is 0 Å². The van der Waals surface area contributed by atoms with E-state index in [1.165, 1.54) is 0 Å². The Kier molecular flexibility index (Phi) is 5.60. The summed E-state index contributed by atoms with van der Waals surface area (Å²) >= 11 is 0. The highest BCUT2D eigenvalue weighted by molar-refractivity contribution is 5.74. The average Bonchev–Trinajstić information content (AvgIpc) is 3.33. The second kappa shape index (κ2) is 7.45. The number of carbonyl (C=O) groups excluding carboxylic acids is 1. The normalized spacial score (nSPS) is 16.8. The summed E-state index contributed by atoms with van der Waals surface area (Å²) in [4.78, 5) is 23.4. The molecule has 1 unspecified atom stereocenters. The van der Waals surface area contributed by atoms with Crippen molar-refractivity contribution in [2.24, 2.45) is 5.92 Å². The van der Waals surface area contributed by atoms with Crippen molar-refractivity contribution in [3.8, 4) is 0 Å². The van der Waals surface area contributed by atoms with E-state index in [9.17, 15) is 14.7 Å². The summed E-state index contributed by atoms with van der Waals surface area (Å²) in [6, 6.07) is 4.86. The Morgan fingerprint density at radius 1 is 1.41 bits per heavy atom. The maximum Gasteiger partial charge on any atom is 0.315 e. The predicted octanol–water partition coefficient (Wildman–Crippen LogP) is 1.09. The van der Waals surface area contributed by atoms with Gasteiger partial charge in [-0.05, 0) is 44.6 Å². The third-order valence-corrected chi connectivity index (χ3v) is 4.22. The number of rotatable bonds is 8. The van der Waals surface area contributed by atoms with E-state index in [0.717, 1.165) is 25.7 Å². The smallest absolute Gasteiger partial charge is 0.315 e. The van der Waals surface area contributed by atoms with Gasteiger partial charge in [-0.3, -0.25) is 4.79 Å². The van der Waals surface area contributed by atoms with Gasteiger partial charge in [-0.25, -0.2) is 4.79 Å². The number of pyridine rings is 1. The molecule has 1 fully saturated rings. The van der Waals surface area contributed by atoms with Crippen LogP contribution in [0.15, 0.2) is 29.2 Å². The number of nitrogens with one attached hydrogen (secondary N) is 2. The lowest BCUT2D eigenvalue weighted by Gasteiger charge is -2.28. The van der Waals surface area contributed by atoms with E-state index in [2.05, 4.69) is 10.6 Å². The van der Waals surface area contributed by atoms with E-state index in [-0.39, 0.29) is 18.2 Å². The Morgan fingerprint density at radius 3 is 2.82 bits per heavy atom. The van der Waals surface area contributed by atoms with Crippen LogP contribution in [0, 0.1) is 5.92 Å². The molecule has 0 aromatic carbocycles. The number of aromatic nitrogens is 1. The van der Waals surface area contributed by atoms with E-state index in [4.69, 9.17) is 0 Å². The van der Waals surface area contributed by atoms with Gasteiger partial charge in [-0.1, -0.05) is 6.07 Å². The largest absolute Gasteiger partial charge is 0.394 e. The first-order chi connectivity index (χ1) is 10.5.